The third-order valence-corrected chi connectivity index (χ3v) is 5.32. The Morgan fingerprint density at radius 3 is 2.84 bits per heavy atom. The molecule has 0 unspecified atom stereocenters. The van der Waals surface area contributed by atoms with Crippen molar-refractivity contribution in [3.63, 3.8) is 0 Å². The van der Waals surface area contributed by atoms with E-state index in [1.807, 2.05) is 12.1 Å². The zero-order chi connectivity index (χ0) is 17.2. The Bertz CT molecular complexity index is 838. The third kappa shape index (κ3) is 3.15. The Morgan fingerprint density at radius 2 is 2.08 bits per heavy atom. The Kier molecular flexibility index (Phi) is 4.70. The van der Waals surface area contributed by atoms with E-state index in [1.165, 1.54) is 12.0 Å². The van der Waals surface area contributed by atoms with Gasteiger partial charge in [-0.3, -0.25) is 4.98 Å². The molecule has 1 aliphatic carbocycles. The van der Waals surface area contributed by atoms with Gasteiger partial charge in [-0.2, -0.15) is 5.26 Å². The molecule has 2 aromatic heterocycles. The standard InChI is InChI=1S/C20H20ClN3O/c21-18-11-13(8-9-23-18)19-14-5-2-1-3-6-16(14)24-20(15(19)12-22)17-7-4-10-25-17/h8-9,11,17H,1-7,10H2/t17-/m0/s1. The van der Waals surface area contributed by atoms with Gasteiger partial charge in [-0.1, -0.05) is 18.0 Å². The summed E-state index contributed by atoms with van der Waals surface area (Å²) in [5, 5.41) is 10.4. The zero-order valence-electron chi connectivity index (χ0n) is 14.1. The van der Waals surface area contributed by atoms with Gasteiger partial charge in [-0.25, -0.2) is 4.98 Å². The molecule has 4 nitrogen and oxygen atoms in total. The van der Waals surface area contributed by atoms with Gasteiger partial charge in [0.15, 0.2) is 0 Å². The molecular formula is C20H20ClN3O. The summed E-state index contributed by atoms with van der Waals surface area (Å²) in [6, 6.07) is 6.21. The van der Waals surface area contributed by atoms with Crippen LogP contribution in [-0.2, 0) is 17.6 Å². The van der Waals surface area contributed by atoms with E-state index in [0.29, 0.717) is 10.7 Å². The molecule has 3 heterocycles. The monoisotopic (exact) mass is 353 g/mol. The minimum atomic E-state index is -0.0701. The SMILES string of the molecule is N#Cc1c([C@@H]2CCCO2)nc2c(c1-c1ccnc(Cl)c1)CCCCC2. The first-order valence-electron chi connectivity index (χ1n) is 8.97. The molecular weight excluding hydrogens is 334 g/mol. The van der Waals surface area contributed by atoms with E-state index in [1.54, 1.807) is 6.20 Å². The van der Waals surface area contributed by atoms with Crippen LogP contribution in [0.2, 0.25) is 5.15 Å². The smallest absolute Gasteiger partial charge is 0.129 e. The van der Waals surface area contributed by atoms with Crippen LogP contribution in [0.5, 0.6) is 0 Å². The van der Waals surface area contributed by atoms with E-state index < -0.39 is 0 Å². The molecule has 0 N–H and O–H groups in total. The molecule has 1 aliphatic heterocycles. The predicted molar refractivity (Wildman–Crippen MR) is 96.4 cm³/mol. The molecule has 4 rings (SSSR count). The summed E-state index contributed by atoms with van der Waals surface area (Å²) in [5.41, 5.74) is 5.74. The summed E-state index contributed by atoms with van der Waals surface area (Å²) in [4.78, 5) is 9.03. The molecule has 1 fully saturated rings. The second kappa shape index (κ2) is 7.11. The van der Waals surface area contributed by atoms with Crippen molar-refractivity contribution in [2.75, 3.05) is 6.61 Å². The van der Waals surface area contributed by atoms with Crippen LogP contribution in [0.4, 0.5) is 0 Å². The molecule has 2 aliphatic rings. The fourth-order valence-corrected chi connectivity index (χ4v) is 4.13. The maximum atomic E-state index is 9.97. The second-order valence-corrected chi connectivity index (χ2v) is 7.10. The molecule has 25 heavy (non-hydrogen) atoms. The van der Waals surface area contributed by atoms with Crippen molar-refractivity contribution in [3.8, 4) is 17.2 Å². The summed E-state index contributed by atoms with van der Waals surface area (Å²) in [6.45, 7) is 0.741. The molecule has 0 amide bonds. The molecule has 0 aromatic carbocycles. The molecule has 1 atom stereocenters. The number of aryl methyl sites for hydroxylation is 1. The van der Waals surface area contributed by atoms with Crippen LogP contribution in [0.3, 0.4) is 0 Å². The van der Waals surface area contributed by atoms with Crippen molar-refractivity contribution in [3.05, 3.63) is 46.0 Å². The van der Waals surface area contributed by atoms with Gasteiger partial charge in [-0.05, 0) is 61.8 Å². The highest BCUT2D eigenvalue weighted by Gasteiger charge is 2.28. The minimum Gasteiger partial charge on any atom is -0.372 e. The molecule has 0 saturated carbocycles. The average Bonchev–Trinajstić information content (AvgIpc) is 3.05. The molecule has 5 heteroatoms. The number of ether oxygens (including phenoxy) is 1. The minimum absolute atomic E-state index is 0.0701. The van der Waals surface area contributed by atoms with Crippen LogP contribution >= 0.6 is 11.6 Å². The topological polar surface area (TPSA) is 58.8 Å². The van der Waals surface area contributed by atoms with Crippen molar-refractivity contribution in [2.24, 2.45) is 0 Å². The Hall–Kier alpha value is -1.96. The van der Waals surface area contributed by atoms with Gasteiger partial charge in [0, 0.05) is 24.1 Å². The second-order valence-electron chi connectivity index (χ2n) is 6.71. The Morgan fingerprint density at radius 1 is 1.20 bits per heavy atom. The van der Waals surface area contributed by atoms with E-state index in [2.05, 4.69) is 11.1 Å². The fourth-order valence-electron chi connectivity index (χ4n) is 3.96. The highest BCUT2D eigenvalue weighted by atomic mass is 35.5. The van der Waals surface area contributed by atoms with Crippen LogP contribution in [-0.4, -0.2) is 16.6 Å². The normalized spacial score (nSPS) is 19.9. The molecule has 128 valence electrons. The fraction of sp³-hybridized carbons (Fsp3) is 0.450. The molecule has 0 bridgehead atoms. The number of aromatic nitrogens is 2. The van der Waals surface area contributed by atoms with Crippen LogP contribution in [0, 0.1) is 11.3 Å². The van der Waals surface area contributed by atoms with Crippen LogP contribution in [0.1, 0.15) is 60.7 Å². The Labute approximate surface area is 152 Å². The number of fused-ring (bicyclic) bond motifs is 1. The summed E-state index contributed by atoms with van der Waals surface area (Å²) >= 11 is 6.14. The maximum Gasteiger partial charge on any atom is 0.129 e. The van der Waals surface area contributed by atoms with Gasteiger partial charge in [-0.15, -0.1) is 0 Å². The number of pyridine rings is 2. The quantitative estimate of drug-likeness (QED) is 0.575. The lowest BCUT2D eigenvalue weighted by Crippen LogP contribution is -2.11. The van der Waals surface area contributed by atoms with E-state index >= 15 is 0 Å². The maximum absolute atomic E-state index is 9.97. The molecule has 0 spiro atoms. The van der Waals surface area contributed by atoms with Crippen LogP contribution in [0.25, 0.3) is 11.1 Å². The van der Waals surface area contributed by atoms with Crippen molar-refractivity contribution < 1.29 is 4.74 Å². The Balaban J connectivity index is 1.98. The molecule has 1 saturated heterocycles. The number of halogens is 1. The lowest BCUT2D eigenvalue weighted by atomic mass is 9.89. The summed E-state index contributed by atoms with van der Waals surface area (Å²) in [7, 11) is 0. The first-order chi connectivity index (χ1) is 12.3. The first kappa shape index (κ1) is 16.5. The lowest BCUT2D eigenvalue weighted by Gasteiger charge is -2.20. The van der Waals surface area contributed by atoms with Gasteiger partial charge in [0.2, 0.25) is 0 Å². The summed E-state index contributed by atoms with van der Waals surface area (Å²) in [6.07, 6.45) is 8.97. The van der Waals surface area contributed by atoms with Gasteiger partial charge < -0.3 is 4.74 Å². The van der Waals surface area contributed by atoms with Crippen LogP contribution in [0.15, 0.2) is 18.3 Å². The number of nitriles is 1. The highest BCUT2D eigenvalue weighted by molar-refractivity contribution is 6.29. The van der Waals surface area contributed by atoms with E-state index in [4.69, 9.17) is 21.3 Å². The molecule has 0 radical (unpaired) electrons. The van der Waals surface area contributed by atoms with Crippen LogP contribution < -0.4 is 0 Å². The van der Waals surface area contributed by atoms with E-state index in [0.717, 1.165) is 67.6 Å². The first-order valence-corrected chi connectivity index (χ1v) is 9.35. The van der Waals surface area contributed by atoms with E-state index in [9.17, 15) is 5.26 Å². The van der Waals surface area contributed by atoms with Gasteiger partial charge in [0.05, 0.1) is 11.3 Å². The van der Waals surface area contributed by atoms with Gasteiger partial charge >= 0.3 is 0 Å². The number of nitrogens with zero attached hydrogens (tertiary/aromatic N) is 3. The van der Waals surface area contributed by atoms with Crippen molar-refractivity contribution in [2.45, 2.75) is 51.0 Å². The summed E-state index contributed by atoms with van der Waals surface area (Å²) < 4.78 is 5.87. The average molecular weight is 354 g/mol. The van der Waals surface area contributed by atoms with Crippen molar-refractivity contribution in [1.82, 2.24) is 9.97 Å². The van der Waals surface area contributed by atoms with Crippen molar-refractivity contribution >= 4 is 11.6 Å². The van der Waals surface area contributed by atoms with Gasteiger partial charge in [0.25, 0.3) is 0 Å². The van der Waals surface area contributed by atoms with Crippen molar-refractivity contribution in [1.29, 1.82) is 5.26 Å². The predicted octanol–water partition coefficient (Wildman–Crippen LogP) is 4.79. The number of hydrogen-bond acceptors (Lipinski definition) is 4. The number of rotatable bonds is 2. The highest BCUT2D eigenvalue weighted by Crippen LogP contribution is 2.39. The number of hydrogen-bond donors (Lipinski definition) is 0. The molecule has 2 aromatic rings. The lowest BCUT2D eigenvalue weighted by molar-refractivity contribution is 0.108. The third-order valence-electron chi connectivity index (χ3n) is 5.11. The van der Waals surface area contributed by atoms with E-state index in [-0.39, 0.29) is 6.10 Å². The summed E-state index contributed by atoms with van der Waals surface area (Å²) in [5.74, 6) is 0. The van der Waals surface area contributed by atoms with Gasteiger partial charge in [0.1, 0.15) is 17.3 Å². The zero-order valence-corrected chi connectivity index (χ0v) is 14.9. The largest absolute Gasteiger partial charge is 0.372 e.